The average Bonchev–Trinajstić information content (AvgIpc) is 2.61. The van der Waals surface area contributed by atoms with Crippen molar-refractivity contribution in [2.45, 2.75) is 6.10 Å². The number of urea groups is 1. The molecular weight excluding hydrogens is 316 g/mol. The lowest BCUT2D eigenvalue weighted by Gasteiger charge is -2.34. The van der Waals surface area contributed by atoms with Gasteiger partial charge >= 0.3 is 6.03 Å². The SMILES string of the molecule is CN1CCN(C[C@@H](O)CN(C)C(=O)NCC#Cc2ccccc2)CC1. The van der Waals surface area contributed by atoms with Crippen molar-refractivity contribution in [2.75, 3.05) is 59.9 Å². The Labute approximate surface area is 150 Å². The molecule has 0 unspecified atom stereocenters. The highest BCUT2D eigenvalue weighted by Crippen LogP contribution is 2.01. The minimum atomic E-state index is -0.547. The minimum Gasteiger partial charge on any atom is -0.390 e. The summed E-state index contributed by atoms with van der Waals surface area (Å²) in [5, 5.41) is 13.0. The van der Waals surface area contributed by atoms with Gasteiger partial charge in [-0.1, -0.05) is 30.0 Å². The van der Waals surface area contributed by atoms with Crippen molar-refractivity contribution in [1.82, 2.24) is 20.0 Å². The van der Waals surface area contributed by atoms with Crippen LogP contribution >= 0.6 is 0 Å². The van der Waals surface area contributed by atoms with Gasteiger partial charge in [-0.3, -0.25) is 4.90 Å². The summed E-state index contributed by atoms with van der Waals surface area (Å²) >= 11 is 0. The minimum absolute atomic E-state index is 0.222. The molecule has 1 aliphatic heterocycles. The number of aliphatic hydroxyl groups is 1. The van der Waals surface area contributed by atoms with Gasteiger partial charge in [-0.05, 0) is 19.2 Å². The molecule has 1 saturated heterocycles. The maximum atomic E-state index is 12.0. The Morgan fingerprint density at radius 1 is 1.28 bits per heavy atom. The molecule has 0 radical (unpaired) electrons. The molecule has 0 spiro atoms. The van der Waals surface area contributed by atoms with E-state index in [9.17, 15) is 9.90 Å². The molecule has 0 saturated carbocycles. The van der Waals surface area contributed by atoms with E-state index in [1.807, 2.05) is 30.3 Å². The molecule has 2 rings (SSSR count). The number of aliphatic hydroxyl groups excluding tert-OH is 1. The van der Waals surface area contributed by atoms with Gasteiger partial charge in [-0.25, -0.2) is 4.79 Å². The van der Waals surface area contributed by atoms with Gasteiger partial charge in [0, 0.05) is 51.9 Å². The van der Waals surface area contributed by atoms with Crippen LogP contribution in [-0.2, 0) is 0 Å². The second kappa shape index (κ2) is 10.0. The molecule has 6 nitrogen and oxygen atoms in total. The Morgan fingerprint density at radius 3 is 2.64 bits per heavy atom. The van der Waals surface area contributed by atoms with Crippen molar-refractivity contribution in [3.8, 4) is 11.8 Å². The van der Waals surface area contributed by atoms with E-state index >= 15 is 0 Å². The second-order valence-corrected chi connectivity index (χ2v) is 6.46. The number of nitrogens with one attached hydrogen (secondary N) is 1. The van der Waals surface area contributed by atoms with Gasteiger partial charge < -0.3 is 20.2 Å². The Kier molecular flexibility index (Phi) is 7.74. The first-order chi connectivity index (χ1) is 12.0. The predicted molar refractivity (Wildman–Crippen MR) is 99.3 cm³/mol. The molecule has 1 atom stereocenters. The molecule has 0 bridgehead atoms. The van der Waals surface area contributed by atoms with Crippen molar-refractivity contribution in [2.24, 2.45) is 0 Å². The first-order valence-electron chi connectivity index (χ1n) is 8.66. The number of likely N-dealkylation sites (N-methyl/N-ethyl adjacent to an activating group) is 2. The maximum Gasteiger partial charge on any atom is 0.317 e. The standard InChI is InChI=1S/C19H28N4O2/c1-21-11-13-23(14-12-21)16-18(24)15-22(2)19(25)20-10-6-9-17-7-4-3-5-8-17/h3-5,7-8,18,24H,10-16H2,1-2H3,(H,20,25)/t18-/m0/s1. The third-order valence-corrected chi connectivity index (χ3v) is 4.23. The molecule has 2 N–H and O–H groups in total. The summed E-state index contributed by atoms with van der Waals surface area (Å²) in [7, 11) is 3.79. The maximum absolute atomic E-state index is 12.0. The summed E-state index contributed by atoms with van der Waals surface area (Å²) in [6, 6.07) is 9.43. The van der Waals surface area contributed by atoms with Crippen molar-refractivity contribution in [3.63, 3.8) is 0 Å². The van der Waals surface area contributed by atoms with E-state index in [1.54, 1.807) is 7.05 Å². The van der Waals surface area contributed by atoms with Crippen molar-refractivity contribution in [1.29, 1.82) is 0 Å². The summed E-state index contributed by atoms with van der Waals surface area (Å²) in [5.41, 5.74) is 0.924. The number of carbonyl (C=O) groups excluding carboxylic acids is 1. The number of hydrogen-bond donors (Lipinski definition) is 2. The summed E-state index contributed by atoms with van der Waals surface area (Å²) in [4.78, 5) is 18.1. The lowest BCUT2D eigenvalue weighted by Crippen LogP contribution is -2.49. The molecule has 1 heterocycles. The Balaban J connectivity index is 1.66. The number of benzene rings is 1. The number of amides is 2. The van der Waals surface area contributed by atoms with Crippen molar-refractivity contribution >= 4 is 6.03 Å². The van der Waals surface area contributed by atoms with Gasteiger partial charge in [0.25, 0.3) is 0 Å². The predicted octanol–water partition coefficient (Wildman–Crippen LogP) is 0.288. The molecule has 6 heteroatoms. The van der Waals surface area contributed by atoms with Crippen LogP contribution in [0.1, 0.15) is 5.56 Å². The van der Waals surface area contributed by atoms with E-state index in [0.717, 1.165) is 31.7 Å². The molecular formula is C19H28N4O2. The van der Waals surface area contributed by atoms with Gasteiger partial charge in [0.15, 0.2) is 0 Å². The van der Waals surface area contributed by atoms with Gasteiger partial charge in [-0.2, -0.15) is 0 Å². The summed E-state index contributed by atoms with van der Waals surface area (Å²) in [5.74, 6) is 5.92. The van der Waals surface area contributed by atoms with Crippen LogP contribution in [-0.4, -0.2) is 91.8 Å². The second-order valence-electron chi connectivity index (χ2n) is 6.46. The number of rotatable bonds is 5. The fraction of sp³-hybridized carbons (Fsp3) is 0.526. The zero-order valence-electron chi connectivity index (χ0n) is 15.1. The quantitative estimate of drug-likeness (QED) is 0.754. The number of nitrogens with zero attached hydrogens (tertiary/aromatic N) is 3. The smallest absolute Gasteiger partial charge is 0.317 e. The van der Waals surface area contributed by atoms with Gasteiger partial charge in [0.05, 0.1) is 12.6 Å². The zero-order chi connectivity index (χ0) is 18.1. The molecule has 0 aromatic heterocycles. The first-order valence-corrected chi connectivity index (χ1v) is 8.66. The lowest BCUT2D eigenvalue weighted by atomic mass is 10.2. The van der Waals surface area contributed by atoms with Crippen LogP contribution in [0.3, 0.4) is 0 Å². The van der Waals surface area contributed by atoms with Crippen LogP contribution in [0.4, 0.5) is 4.79 Å². The van der Waals surface area contributed by atoms with Crippen LogP contribution in [0.2, 0.25) is 0 Å². The topological polar surface area (TPSA) is 59.1 Å². The Hall–Kier alpha value is -2.07. The highest BCUT2D eigenvalue weighted by Gasteiger charge is 2.19. The Morgan fingerprint density at radius 2 is 1.96 bits per heavy atom. The van der Waals surface area contributed by atoms with Gasteiger partial charge in [-0.15, -0.1) is 0 Å². The number of carbonyl (C=O) groups is 1. The fourth-order valence-electron chi connectivity index (χ4n) is 2.71. The molecule has 2 amide bonds. The molecule has 0 aliphatic carbocycles. The van der Waals surface area contributed by atoms with Gasteiger partial charge in [0.1, 0.15) is 0 Å². The average molecular weight is 344 g/mol. The highest BCUT2D eigenvalue weighted by atomic mass is 16.3. The van der Waals surface area contributed by atoms with Crippen LogP contribution in [0.25, 0.3) is 0 Å². The van der Waals surface area contributed by atoms with E-state index in [2.05, 4.69) is 34.0 Å². The van der Waals surface area contributed by atoms with E-state index in [1.165, 1.54) is 4.90 Å². The van der Waals surface area contributed by atoms with E-state index in [-0.39, 0.29) is 12.6 Å². The van der Waals surface area contributed by atoms with Crippen LogP contribution < -0.4 is 5.32 Å². The van der Waals surface area contributed by atoms with Crippen LogP contribution in [0, 0.1) is 11.8 Å². The van der Waals surface area contributed by atoms with Crippen molar-refractivity contribution in [3.05, 3.63) is 35.9 Å². The summed E-state index contributed by atoms with van der Waals surface area (Å²) < 4.78 is 0. The number of hydrogen-bond acceptors (Lipinski definition) is 4. The van der Waals surface area contributed by atoms with Crippen LogP contribution in [0.5, 0.6) is 0 Å². The van der Waals surface area contributed by atoms with Gasteiger partial charge in [0.2, 0.25) is 0 Å². The Bertz CT molecular complexity index is 588. The fourth-order valence-corrected chi connectivity index (χ4v) is 2.71. The highest BCUT2D eigenvalue weighted by molar-refractivity contribution is 5.74. The number of β-amino-alcohol motifs (C(OH)–C–C–N with tert-alkyl or cyclic N) is 1. The normalized spacial score (nSPS) is 16.6. The zero-order valence-corrected chi connectivity index (χ0v) is 15.1. The largest absolute Gasteiger partial charge is 0.390 e. The van der Waals surface area contributed by atoms with Crippen molar-refractivity contribution < 1.29 is 9.90 Å². The number of piperazine rings is 1. The van der Waals surface area contributed by atoms with E-state index < -0.39 is 6.10 Å². The van der Waals surface area contributed by atoms with Crippen LogP contribution in [0.15, 0.2) is 30.3 Å². The molecule has 1 aromatic rings. The van der Waals surface area contributed by atoms with E-state index in [0.29, 0.717) is 13.1 Å². The molecule has 25 heavy (non-hydrogen) atoms. The van der Waals surface area contributed by atoms with E-state index in [4.69, 9.17) is 0 Å². The molecule has 1 aliphatic rings. The third kappa shape index (κ3) is 7.14. The summed E-state index contributed by atoms with van der Waals surface area (Å²) in [6.07, 6.45) is -0.547. The lowest BCUT2D eigenvalue weighted by molar-refractivity contribution is 0.0659. The first kappa shape index (κ1) is 19.3. The molecule has 1 aromatic carbocycles. The molecule has 136 valence electrons. The monoisotopic (exact) mass is 344 g/mol. The third-order valence-electron chi connectivity index (χ3n) is 4.23. The molecule has 1 fully saturated rings. The summed E-state index contributed by atoms with van der Waals surface area (Å²) in [6.45, 7) is 5.14.